The molecule has 1 N–H and O–H groups in total. The first-order chi connectivity index (χ1) is 9.31. The number of phenols is 1. The number of hydrogen-bond acceptors (Lipinski definition) is 3. The van der Waals surface area contributed by atoms with Crippen molar-refractivity contribution in [3.05, 3.63) is 36.4 Å². The second kappa shape index (κ2) is 5.49. The molecular formula is C16H18O3. The number of hydrogen-bond donors (Lipinski definition) is 1. The number of phenolic OH excluding ortho intramolecular Hbond substituents is 1. The van der Waals surface area contributed by atoms with Gasteiger partial charge in [-0.15, -0.1) is 0 Å². The van der Waals surface area contributed by atoms with Crippen molar-refractivity contribution in [1.29, 1.82) is 0 Å². The van der Waals surface area contributed by atoms with Crippen LogP contribution in [0.4, 0.5) is 0 Å². The van der Waals surface area contributed by atoms with E-state index in [0.29, 0.717) is 6.61 Å². The van der Waals surface area contributed by atoms with Crippen LogP contribution in [0.25, 0.3) is 10.8 Å². The quantitative estimate of drug-likeness (QED) is 0.915. The van der Waals surface area contributed by atoms with E-state index in [1.54, 1.807) is 12.1 Å². The van der Waals surface area contributed by atoms with Crippen LogP contribution in [-0.2, 0) is 4.74 Å². The molecule has 2 aromatic carbocycles. The standard InChI is InChI=1S/C16H18O3/c17-14-6-4-12-5-7-15(10-13(12)9-14)19-11-16-3-1-2-8-18-16/h4-7,9-10,16-17H,1-3,8,11H2. The molecule has 1 aliphatic heterocycles. The molecule has 1 unspecified atom stereocenters. The van der Waals surface area contributed by atoms with Gasteiger partial charge in [0.25, 0.3) is 0 Å². The van der Waals surface area contributed by atoms with Crippen LogP contribution in [-0.4, -0.2) is 24.4 Å². The second-order valence-corrected chi connectivity index (χ2v) is 4.99. The number of aromatic hydroxyl groups is 1. The lowest BCUT2D eigenvalue weighted by Crippen LogP contribution is -2.25. The van der Waals surface area contributed by atoms with Gasteiger partial charge in [0.05, 0.1) is 6.10 Å². The summed E-state index contributed by atoms with van der Waals surface area (Å²) in [6, 6.07) is 11.3. The number of fused-ring (bicyclic) bond motifs is 1. The highest BCUT2D eigenvalue weighted by Gasteiger charge is 2.14. The van der Waals surface area contributed by atoms with Gasteiger partial charge in [-0.1, -0.05) is 12.1 Å². The number of benzene rings is 2. The minimum atomic E-state index is 0.216. The highest BCUT2D eigenvalue weighted by atomic mass is 16.5. The van der Waals surface area contributed by atoms with Crippen LogP contribution in [0.15, 0.2) is 36.4 Å². The molecule has 0 spiro atoms. The van der Waals surface area contributed by atoms with Crippen molar-refractivity contribution in [1.82, 2.24) is 0 Å². The first-order valence-corrected chi connectivity index (χ1v) is 6.78. The molecule has 0 radical (unpaired) electrons. The maximum Gasteiger partial charge on any atom is 0.120 e. The summed E-state index contributed by atoms with van der Waals surface area (Å²) in [5.74, 6) is 1.10. The summed E-state index contributed by atoms with van der Waals surface area (Å²) in [6.07, 6.45) is 3.67. The zero-order valence-corrected chi connectivity index (χ0v) is 10.8. The van der Waals surface area contributed by atoms with E-state index in [0.717, 1.165) is 36.0 Å². The van der Waals surface area contributed by atoms with Gasteiger partial charge in [0.2, 0.25) is 0 Å². The van der Waals surface area contributed by atoms with Crippen molar-refractivity contribution in [2.24, 2.45) is 0 Å². The van der Waals surface area contributed by atoms with Gasteiger partial charge in [0.15, 0.2) is 0 Å². The molecule has 0 aromatic heterocycles. The summed E-state index contributed by atoms with van der Waals surface area (Å²) in [7, 11) is 0. The predicted molar refractivity (Wildman–Crippen MR) is 74.7 cm³/mol. The van der Waals surface area contributed by atoms with Gasteiger partial charge in [0.1, 0.15) is 18.1 Å². The van der Waals surface area contributed by atoms with Crippen LogP contribution >= 0.6 is 0 Å². The van der Waals surface area contributed by atoms with E-state index >= 15 is 0 Å². The second-order valence-electron chi connectivity index (χ2n) is 4.99. The first-order valence-electron chi connectivity index (χ1n) is 6.78. The normalized spacial score (nSPS) is 19.5. The van der Waals surface area contributed by atoms with Crippen LogP contribution < -0.4 is 4.74 Å². The molecule has 1 saturated heterocycles. The minimum Gasteiger partial charge on any atom is -0.508 e. The molecule has 2 aromatic rings. The maximum atomic E-state index is 9.49. The van der Waals surface area contributed by atoms with Gasteiger partial charge in [-0.2, -0.15) is 0 Å². The predicted octanol–water partition coefficient (Wildman–Crippen LogP) is 3.49. The van der Waals surface area contributed by atoms with Crippen molar-refractivity contribution >= 4 is 10.8 Å². The number of ether oxygens (including phenoxy) is 2. The monoisotopic (exact) mass is 258 g/mol. The van der Waals surface area contributed by atoms with Crippen molar-refractivity contribution in [2.75, 3.05) is 13.2 Å². The summed E-state index contributed by atoms with van der Waals surface area (Å²) < 4.78 is 11.4. The molecule has 3 nitrogen and oxygen atoms in total. The van der Waals surface area contributed by atoms with Crippen molar-refractivity contribution in [2.45, 2.75) is 25.4 Å². The summed E-state index contributed by atoms with van der Waals surface area (Å²) in [5.41, 5.74) is 0. The Kier molecular flexibility index (Phi) is 3.56. The average molecular weight is 258 g/mol. The minimum absolute atomic E-state index is 0.216. The Hall–Kier alpha value is -1.74. The molecule has 3 heteroatoms. The Labute approximate surface area is 112 Å². The van der Waals surface area contributed by atoms with E-state index in [1.165, 1.54) is 6.42 Å². The van der Waals surface area contributed by atoms with Crippen molar-refractivity contribution in [3.8, 4) is 11.5 Å². The first kappa shape index (κ1) is 12.3. The van der Waals surface area contributed by atoms with E-state index in [4.69, 9.17) is 9.47 Å². The molecule has 1 fully saturated rings. The van der Waals surface area contributed by atoms with E-state index in [-0.39, 0.29) is 11.9 Å². The third kappa shape index (κ3) is 2.99. The fraction of sp³-hybridized carbons (Fsp3) is 0.375. The lowest BCUT2D eigenvalue weighted by molar-refractivity contribution is -0.0110. The lowest BCUT2D eigenvalue weighted by Gasteiger charge is -2.22. The zero-order chi connectivity index (χ0) is 13.1. The molecule has 0 saturated carbocycles. The molecule has 0 amide bonds. The highest BCUT2D eigenvalue weighted by Crippen LogP contribution is 2.25. The van der Waals surface area contributed by atoms with Gasteiger partial charge in [-0.25, -0.2) is 0 Å². The lowest BCUT2D eigenvalue weighted by atomic mass is 10.1. The fourth-order valence-corrected chi connectivity index (χ4v) is 2.43. The highest BCUT2D eigenvalue weighted by molar-refractivity contribution is 5.85. The Balaban J connectivity index is 1.70. The van der Waals surface area contributed by atoms with E-state index < -0.39 is 0 Å². The van der Waals surface area contributed by atoms with Crippen LogP contribution in [0.5, 0.6) is 11.5 Å². The number of rotatable bonds is 3. The van der Waals surface area contributed by atoms with Gasteiger partial charge in [-0.3, -0.25) is 0 Å². The molecule has 0 aliphatic carbocycles. The Morgan fingerprint density at radius 1 is 1.11 bits per heavy atom. The maximum absolute atomic E-state index is 9.49. The molecule has 1 heterocycles. The van der Waals surface area contributed by atoms with Gasteiger partial charge >= 0.3 is 0 Å². The van der Waals surface area contributed by atoms with E-state index in [9.17, 15) is 5.11 Å². The molecule has 1 atom stereocenters. The Bertz CT molecular complexity index is 559. The van der Waals surface area contributed by atoms with Crippen LogP contribution in [0.3, 0.4) is 0 Å². The Morgan fingerprint density at radius 3 is 2.84 bits per heavy atom. The largest absolute Gasteiger partial charge is 0.508 e. The van der Waals surface area contributed by atoms with E-state index in [2.05, 4.69) is 0 Å². The summed E-state index contributed by atoms with van der Waals surface area (Å²) in [6.45, 7) is 1.45. The average Bonchev–Trinajstić information content (AvgIpc) is 2.46. The molecule has 1 aliphatic rings. The molecule has 3 rings (SSSR count). The summed E-state index contributed by atoms with van der Waals surface area (Å²) >= 11 is 0. The molecule has 19 heavy (non-hydrogen) atoms. The smallest absolute Gasteiger partial charge is 0.120 e. The third-order valence-electron chi connectivity index (χ3n) is 3.51. The summed E-state index contributed by atoms with van der Waals surface area (Å²) in [5, 5.41) is 11.6. The molecular weight excluding hydrogens is 240 g/mol. The SMILES string of the molecule is Oc1ccc2ccc(OCC3CCCCO3)cc2c1. The zero-order valence-electron chi connectivity index (χ0n) is 10.8. The van der Waals surface area contributed by atoms with Gasteiger partial charge in [0, 0.05) is 6.61 Å². The van der Waals surface area contributed by atoms with Crippen molar-refractivity contribution in [3.63, 3.8) is 0 Å². The topological polar surface area (TPSA) is 38.7 Å². The van der Waals surface area contributed by atoms with E-state index in [1.807, 2.05) is 24.3 Å². The summed E-state index contributed by atoms with van der Waals surface area (Å²) in [4.78, 5) is 0. The van der Waals surface area contributed by atoms with Crippen LogP contribution in [0, 0.1) is 0 Å². The third-order valence-corrected chi connectivity index (χ3v) is 3.51. The van der Waals surface area contributed by atoms with Gasteiger partial charge < -0.3 is 14.6 Å². The van der Waals surface area contributed by atoms with Crippen molar-refractivity contribution < 1.29 is 14.6 Å². The van der Waals surface area contributed by atoms with Crippen LogP contribution in [0.1, 0.15) is 19.3 Å². The Morgan fingerprint density at radius 2 is 2.00 bits per heavy atom. The fourth-order valence-electron chi connectivity index (χ4n) is 2.43. The van der Waals surface area contributed by atoms with Gasteiger partial charge in [-0.05, 0) is 54.3 Å². The van der Waals surface area contributed by atoms with Crippen LogP contribution in [0.2, 0.25) is 0 Å². The molecule has 0 bridgehead atoms. The molecule has 100 valence electrons.